The summed E-state index contributed by atoms with van der Waals surface area (Å²) in [6.07, 6.45) is 1.86. The molecule has 0 aromatic heterocycles. The first-order valence-electron chi connectivity index (χ1n) is 12.1. The molecule has 8 nitrogen and oxygen atoms in total. The van der Waals surface area contributed by atoms with Crippen molar-refractivity contribution in [2.75, 3.05) is 47.1 Å². The molecule has 1 aliphatic heterocycles. The zero-order valence-corrected chi connectivity index (χ0v) is 20.8. The molecule has 2 amide bonds. The second kappa shape index (κ2) is 13.6. The molecule has 2 aromatic carbocycles. The second-order valence-electron chi connectivity index (χ2n) is 8.57. The molecule has 1 heterocycles. The average molecular weight is 485 g/mol. The van der Waals surface area contributed by atoms with E-state index < -0.39 is 0 Å². The van der Waals surface area contributed by atoms with Gasteiger partial charge in [0.25, 0.3) is 0 Å². The molecular formula is C27H36N2O6. The summed E-state index contributed by atoms with van der Waals surface area (Å²) < 4.78 is 21.8. The maximum absolute atomic E-state index is 13.0. The molecule has 35 heavy (non-hydrogen) atoms. The molecule has 0 bridgehead atoms. The highest BCUT2D eigenvalue weighted by atomic mass is 16.5. The number of hydrogen-bond acceptors (Lipinski definition) is 6. The molecule has 8 heteroatoms. The van der Waals surface area contributed by atoms with Crippen LogP contribution in [0.25, 0.3) is 0 Å². The van der Waals surface area contributed by atoms with Gasteiger partial charge in [-0.3, -0.25) is 9.59 Å². The van der Waals surface area contributed by atoms with E-state index in [1.54, 1.807) is 19.1 Å². The summed E-state index contributed by atoms with van der Waals surface area (Å²) in [7, 11) is 3.21. The highest BCUT2D eigenvalue weighted by Crippen LogP contribution is 2.30. The van der Waals surface area contributed by atoms with E-state index in [4.69, 9.17) is 18.9 Å². The number of methoxy groups -OCH3 is 2. The summed E-state index contributed by atoms with van der Waals surface area (Å²) in [4.78, 5) is 27.5. The number of nitrogens with zero attached hydrogens (tertiary/aromatic N) is 1. The predicted octanol–water partition coefficient (Wildman–Crippen LogP) is 3.61. The quantitative estimate of drug-likeness (QED) is 0.463. The molecule has 0 radical (unpaired) electrons. The maximum atomic E-state index is 13.0. The summed E-state index contributed by atoms with van der Waals surface area (Å²) in [5.41, 5.74) is 0.913. The van der Waals surface area contributed by atoms with Crippen LogP contribution in [0.4, 0.5) is 0 Å². The lowest BCUT2D eigenvalue weighted by Crippen LogP contribution is -2.46. The molecule has 2 aromatic rings. The van der Waals surface area contributed by atoms with E-state index in [-0.39, 0.29) is 30.2 Å². The van der Waals surface area contributed by atoms with Crippen LogP contribution in [-0.2, 0) is 14.3 Å². The summed E-state index contributed by atoms with van der Waals surface area (Å²) in [6.45, 7) is 4.26. The molecular weight excluding hydrogens is 448 g/mol. The number of benzene rings is 2. The lowest BCUT2D eigenvalue weighted by atomic mass is 9.96. The molecule has 3 rings (SSSR count). The fraction of sp³-hybridized carbons (Fsp3) is 0.481. The maximum Gasteiger partial charge on any atom is 0.226 e. The summed E-state index contributed by atoms with van der Waals surface area (Å²) >= 11 is 0. The van der Waals surface area contributed by atoms with Gasteiger partial charge in [-0.15, -0.1) is 0 Å². The van der Waals surface area contributed by atoms with Gasteiger partial charge in [0.05, 0.1) is 38.7 Å². The SMILES string of the molecule is COCCOc1ccc(C(C)NC(=O)C2CCCN(C(=O)CCOc3ccccc3)C2)cc1OC. The molecule has 1 N–H and O–H groups in total. The first-order chi connectivity index (χ1) is 17.0. The van der Waals surface area contributed by atoms with Crippen LogP contribution in [0.2, 0.25) is 0 Å². The third-order valence-electron chi connectivity index (χ3n) is 6.06. The number of likely N-dealkylation sites (tertiary alicyclic amines) is 1. The Balaban J connectivity index is 1.50. The molecule has 1 aliphatic rings. The number of nitrogens with one attached hydrogen (secondary N) is 1. The third-order valence-corrected chi connectivity index (χ3v) is 6.06. The first-order valence-corrected chi connectivity index (χ1v) is 12.1. The van der Waals surface area contributed by atoms with Crippen LogP contribution >= 0.6 is 0 Å². The van der Waals surface area contributed by atoms with Crippen molar-refractivity contribution < 1.29 is 28.5 Å². The number of para-hydroxylation sites is 1. The monoisotopic (exact) mass is 484 g/mol. The van der Waals surface area contributed by atoms with Crippen LogP contribution in [0.1, 0.15) is 37.8 Å². The van der Waals surface area contributed by atoms with Crippen molar-refractivity contribution in [2.24, 2.45) is 5.92 Å². The largest absolute Gasteiger partial charge is 0.493 e. The molecule has 0 spiro atoms. The smallest absolute Gasteiger partial charge is 0.226 e. The van der Waals surface area contributed by atoms with E-state index in [0.29, 0.717) is 44.4 Å². The van der Waals surface area contributed by atoms with Crippen molar-refractivity contribution in [3.05, 3.63) is 54.1 Å². The lowest BCUT2D eigenvalue weighted by Gasteiger charge is -2.32. The average Bonchev–Trinajstić information content (AvgIpc) is 2.89. The van der Waals surface area contributed by atoms with Crippen LogP contribution in [0.5, 0.6) is 17.2 Å². The fourth-order valence-corrected chi connectivity index (χ4v) is 4.07. The van der Waals surface area contributed by atoms with Crippen LogP contribution in [0.3, 0.4) is 0 Å². The van der Waals surface area contributed by atoms with Gasteiger partial charge < -0.3 is 29.2 Å². The van der Waals surface area contributed by atoms with Gasteiger partial charge in [-0.25, -0.2) is 0 Å². The summed E-state index contributed by atoms with van der Waals surface area (Å²) in [6, 6.07) is 14.9. The highest BCUT2D eigenvalue weighted by Gasteiger charge is 2.29. The van der Waals surface area contributed by atoms with Gasteiger partial charge in [0.2, 0.25) is 11.8 Å². The topological polar surface area (TPSA) is 86.3 Å². The number of ether oxygens (including phenoxy) is 4. The van der Waals surface area contributed by atoms with Gasteiger partial charge in [0.15, 0.2) is 11.5 Å². The van der Waals surface area contributed by atoms with Crippen LogP contribution < -0.4 is 19.5 Å². The number of carbonyl (C=O) groups excluding carboxylic acids is 2. The minimum Gasteiger partial charge on any atom is -0.493 e. The normalized spacial score (nSPS) is 16.3. The number of amides is 2. The van der Waals surface area contributed by atoms with Gasteiger partial charge in [-0.05, 0) is 49.6 Å². The zero-order chi connectivity index (χ0) is 25.0. The minimum absolute atomic E-state index is 0.0141. The Hall–Kier alpha value is -3.26. The number of hydrogen-bond donors (Lipinski definition) is 1. The van der Waals surface area contributed by atoms with Crippen LogP contribution in [-0.4, -0.2) is 63.8 Å². The standard InChI is InChI=1S/C27H36N2O6/c1-20(21-11-12-24(25(18-21)33-3)35-17-16-32-2)28-27(31)22-8-7-14-29(19-22)26(30)13-15-34-23-9-5-4-6-10-23/h4-6,9-12,18,20,22H,7-8,13-17,19H2,1-3H3,(H,28,31). The Labute approximate surface area is 207 Å². The molecule has 1 fully saturated rings. The van der Waals surface area contributed by atoms with Crippen molar-refractivity contribution in [2.45, 2.75) is 32.2 Å². The Morgan fingerprint density at radius 3 is 2.57 bits per heavy atom. The van der Waals surface area contributed by atoms with E-state index >= 15 is 0 Å². The first kappa shape index (κ1) is 26.3. The number of rotatable bonds is 12. The van der Waals surface area contributed by atoms with Gasteiger partial charge in [-0.1, -0.05) is 24.3 Å². The van der Waals surface area contributed by atoms with Gasteiger partial charge in [-0.2, -0.15) is 0 Å². The lowest BCUT2D eigenvalue weighted by molar-refractivity contribution is -0.136. The second-order valence-corrected chi connectivity index (χ2v) is 8.57. The minimum atomic E-state index is -0.233. The molecule has 1 saturated heterocycles. The van der Waals surface area contributed by atoms with Gasteiger partial charge in [0, 0.05) is 20.2 Å². The van der Waals surface area contributed by atoms with Crippen molar-refractivity contribution >= 4 is 11.8 Å². The Morgan fingerprint density at radius 1 is 1.03 bits per heavy atom. The third kappa shape index (κ3) is 7.89. The Morgan fingerprint density at radius 2 is 1.83 bits per heavy atom. The number of carbonyl (C=O) groups is 2. The van der Waals surface area contributed by atoms with Crippen molar-refractivity contribution in [1.82, 2.24) is 10.2 Å². The van der Waals surface area contributed by atoms with Crippen LogP contribution in [0, 0.1) is 5.92 Å². The molecule has 0 saturated carbocycles. The Bertz CT molecular complexity index is 952. The van der Waals surface area contributed by atoms with Crippen molar-refractivity contribution in [1.29, 1.82) is 0 Å². The van der Waals surface area contributed by atoms with Gasteiger partial charge >= 0.3 is 0 Å². The van der Waals surface area contributed by atoms with Crippen molar-refractivity contribution in [3.8, 4) is 17.2 Å². The summed E-state index contributed by atoms with van der Waals surface area (Å²) in [5, 5.41) is 3.10. The van der Waals surface area contributed by atoms with E-state index in [9.17, 15) is 9.59 Å². The van der Waals surface area contributed by atoms with Crippen molar-refractivity contribution in [3.63, 3.8) is 0 Å². The van der Waals surface area contributed by atoms with E-state index in [2.05, 4.69) is 5.32 Å². The molecule has 190 valence electrons. The highest BCUT2D eigenvalue weighted by molar-refractivity contribution is 5.81. The Kier molecular flexibility index (Phi) is 10.2. The number of piperidine rings is 1. The molecule has 0 aliphatic carbocycles. The molecule has 2 unspecified atom stereocenters. The zero-order valence-electron chi connectivity index (χ0n) is 20.8. The van der Waals surface area contributed by atoms with E-state index in [1.807, 2.05) is 55.5 Å². The summed E-state index contributed by atoms with van der Waals surface area (Å²) in [5.74, 6) is 1.71. The van der Waals surface area contributed by atoms with Crippen LogP contribution in [0.15, 0.2) is 48.5 Å². The van der Waals surface area contributed by atoms with E-state index in [0.717, 1.165) is 24.2 Å². The molecule has 2 atom stereocenters. The fourth-order valence-electron chi connectivity index (χ4n) is 4.07. The van der Waals surface area contributed by atoms with E-state index in [1.165, 1.54) is 0 Å². The predicted molar refractivity (Wildman–Crippen MR) is 133 cm³/mol. The van der Waals surface area contributed by atoms with Gasteiger partial charge in [0.1, 0.15) is 12.4 Å².